The number of hydrogen-bond acceptors (Lipinski definition) is 2. The fraction of sp³-hybridized carbons (Fsp3) is 0.0952. The van der Waals surface area contributed by atoms with Crippen LogP contribution >= 0.6 is 0 Å². The molecule has 4 rings (SSSR count). The van der Waals surface area contributed by atoms with Crippen LogP contribution in [0.1, 0.15) is 5.56 Å². The lowest BCUT2D eigenvalue weighted by Crippen LogP contribution is -1.97. The molecule has 2 aromatic carbocycles. The number of pyridine rings is 1. The summed E-state index contributed by atoms with van der Waals surface area (Å²) in [5.41, 5.74) is 4.90. The molecule has 0 radical (unpaired) electrons. The maximum Gasteiger partial charge on any atom is 0.118 e. The molecule has 0 aliphatic rings. The topological polar surface area (TPSA) is 27.1 Å². The zero-order valence-corrected chi connectivity index (χ0v) is 13.5. The van der Waals surface area contributed by atoms with Gasteiger partial charge in [0.05, 0.1) is 7.11 Å². The first-order chi connectivity index (χ1) is 11.8. The van der Waals surface area contributed by atoms with Gasteiger partial charge in [0.25, 0.3) is 0 Å². The van der Waals surface area contributed by atoms with E-state index < -0.39 is 0 Å². The molecular formula is C21H18N2O. The van der Waals surface area contributed by atoms with Crippen LogP contribution in [0.4, 0.5) is 0 Å². The molecule has 0 atom stereocenters. The molecule has 0 unspecified atom stereocenters. The molecule has 2 aromatic heterocycles. The highest BCUT2D eigenvalue weighted by Gasteiger charge is 2.05. The Morgan fingerprint density at radius 2 is 1.67 bits per heavy atom. The maximum absolute atomic E-state index is 5.22. The minimum absolute atomic E-state index is 0.849. The van der Waals surface area contributed by atoms with Crippen LogP contribution in [0.5, 0.6) is 5.75 Å². The maximum atomic E-state index is 5.22. The number of fused-ring (bicyclic) bond motifs is 1. The van der Waals surface area contributed by atoms with Gasteiger partial charge in [-0.1, -0.05) is 18.2 Å². The average molecular weight is 314 g/mol. The Labute approximate surface area is 141 Å². The molecule has 0 bridgehead atoms. The number of hydrogen-bond donors (Lipinski definition) is 0. The van der Waals surface area contributed by atoms with Crippen molar-refractivity contribution in [2.24, 2.45) is 0 Å². The zero-order valence-electron chi connectivity index (χ0n) is 13.5. The van der Waals surface area contributed by atoms with Gasteiger partial charge in [0.15, 0.2) is 0 Å². The van der Waals surface area contributed by atoms with E-state index in [2.05, 4.69) is 52.1 Å². The number of rotatable bonds is 4. The predicted molar refractivity (Wildman–Crippen MR) is 97.3 cm³/mol. The molecular weight excluding hydrogens is 296 g/mol. The third-order valence-electron chi connectivity index (χ3n) is 4.30. The van der Waals surface area contributed by atoms with Crippen molar-refractivity contribution < 1.29 is 4.74 Å². The number of ether oxygens (including phenoxy) is 1. The summed E-state index contributed by atoms with van der Waals surface area (Å²) in [5.74, 6) is 0.887. The van der Waals surface area contributed by atoms with E-state index in [1.807, 2.05) is 36.7 Å². The van der Waals surface area contributed by atoms with Crippen LogP contribution in [0, 0.1) is 0 Å². The van der Waals surface area contributed by atoms with E-state index in [-0.39, 0.29) is 0 Å². The first kappa shape index (κ1) is 14.5. The minimum Gasteiger partial charge on any atom is -0.497 e. The van der Waals surface area contributed by atoms with Gasteiger partial charge >= 0.3 is 0 Å². The van der Waals surface area contributed by atoms with E-state index >= 15 is 0 Å². The second kappa shape index (κ2) is 6.20. The monoisotopic (exact) mass is 314 g/mol. The van der Waals surface area contributed by atoms with E-state index in [1.54, 1.807) is 7.11 Å². The molecule has 0 saturated heterocycles. The SMILES string of the molecule is COc1ccc(Cn2ccc3cc(-c4ccncc4)ccc32)cc1. The van der Waals surface area contributed by atoms with Crippen LogP contribution in [0.3, 0.4) is 0 Å². The van der Waals surface area contributed by atoms with Gasteiger partial charge < -0.3 is 9.30 Å². The molecule has 118 valence electrons. The lowest BCUT2D eigenvalue weighted by Gasteiger charge is -2.08. The van der Waals surface area contributed by atoms with Gasteiger partial charge in [-0.15, -0.1) is 0 Å². The largest absolute Gasteiger partial charge is 0.497 e. The van der Waals surface area contributed by atoms with E-state index in [9.17, 15) is 0 Å². The molecule has 0 amide bonds. The summed E-state index contributed by atoms with van der Waals surface area (Å²) in [4.78, 5) is 4.08. The smallest absolute Gasteiger partial charge is 0.118 e. The van der Waals surface area contributed by atoms with Crippen LogP contribution in [-0.2, 0) is 6.54 Å². The van der Waals surface area contributed by atoms with Crippen LogP contribution < -0.4 is 4.74 Å². The van der Waals surface area contributed by atoms with E-state index in [4.69, 9.17) is 4.74 Å². The fourth-order valence-corrected chi connectivity index (χ4v) is 2.99. The van der Waals surface area contributed by atoms with E-state index in [1.165, 1.54) is 27.6 Å². The Morgan fingerprint density at radius 3 is 2.42 bits per heavy atom. The summed E-state index contributed by atoms with van der Waals surface area (Å²) in [7, 11) is 1.69. The van der Waals surface area contributed by atoms with Gasteiger partial charge in [-0.05, 0) is 59.2 Å². The van der Waals surface area contributed by atoms with Crippen molar-refractivity contribution in [3.8, 4) is 16.9 Å². The summed E-state index contributed by atoms with van der Waals surface area (Å²) in [6.07, 6.45) is 5.80. The molecule has 4 aromatic rings. The molecule has 0 aliphatic carbocycles. The van der Waals surface area contributed by atoms with Gasteiger partial charge in [0, 0.05) is 36.0 Å². The molecule has 0 saturated carbocycles. The number of aromatic nitrogens is 2. The lowest BCUT2D eigenvalue weighted by molar-refractivity contribution is 0.414. The lowest BCUT2D eigenvalue weighted by atomic mass is 10.1. The normalized spacial score (nSPS) is 10.9. The average Bonchev–Trinajstić information content (AvgIpc) is 3.05. The third kappa shape index (κ3) is 2.76. The Morgan fingerprint density at radius 1 is 0.875 bits per heavy atom. The third-order valence-corrected chi connectivity index (χ3v) is 4.30. The van der Waals surface area contributed by atoms with Crippen LogP contribution in [0.2, 0.25) is 0 Å². The van der Waals surface area contributed by atoms with Crippen molar-refractivity contribution in [2.45, 2.75) is 6.54 Å². The summed E-state index contributed by atoms with van der Waals surface area (Å²) in [5, 5.41) is 1.25. The summed E-state index contributed by atoms with van der Waals surface area (Å²) < 4.78 is 7.49. The van der Waals surface area contributed by atoms with Crippen molar-refractivity contribution in [1.82, 2.24) is 9.55 Å². The molecule has 0 N–H and O–H groups in total. The minimum atomic E-state index is 0.849. The molecule has 3 heteroatoms. The quantitative estimate of drug-likeness (QED) is 0.543. The number of nitrogens with zero attached hydrogens (tertiary/aromatic N) is 2. The van der Waals surface area contributed by atoms with Crippen LogP contribution in [0.15, 0.2) is 79.3 Å². The van der Waals surface area contributed by atoms with Gasteiger partial charge in [0.1, 0.15) is 5.75 Å². The Hall–Kier alpha value is -3.07. The molecule has 0 fully saturated rings. The predicted octanol–water partition coefficient (Wildman–Crippen LogP) is 4.76. The summed E-state index contributed by atoms with van der Waals surface area (Å²) in [6, 6.07) is 21.1. The van der Waals surface area contributed by atoms with Crippen molar-refractivity contribution in [3.05, 3.63) is 84.8 Å². The first-order valence-corrected chi connectivity index (χ1v) is 7.96. The summed E-state index contributed by atoms with van der Waals surface area (Å²) >= 11 is 0. The van der Waals surface area contributed by atoms with Crippen molar-refractivity contribution in [3.63, 3.8) is 0 Å². The van der Waals surface area contributed by atoms with Gasteiger partial charge in [-0.2, -0.15) is 0 Å². The van der Waals surface area contributed by atoms with Crippen molar-refractivity contribution >= 4 is 10.9 Å². The Balaban J connectivity index is 1.65. The molecule has 24 heavy (non-hydrogen) atoms. The summed E-state index contributed by atoms with van der Waals surface area (Å²) in [6.45, 7) is 0.849. The first-order valence-electron chi connectivity index (χ1n) is 7.96. The van der Waals surface area contributed by atoms with Gasteiger partial charge in [0.2, 0.25) is 0 Å². The van der Waals surface area contributed by atoms with E-state index in [0.717, 1.165) is 12.3 Å². The van der Waals surface area contributed by atoms with E-state index in [0.29, 0.717) is 0 Å². The highest BCUT2D eigenvalue weighted by molar-refractivity contribution is 5.85. The van der Waals surface area contributed by atoms with Crippen molar-refractivity contribution in [1.29, 1.82) is 0 Å². The molecule has 3 nitrogen and oxygen atoms in total. The van der Waals surface area contributed by atoms with Gasteiger partial charge in [-0.25, -0.2) is 0 Å². The van der Waals surface area contributed by atoms with Gasteiger partial charge in [-0.3, -0.25) is 4.98 Å². The molecule has 0 aliphatic heterocycles. The molecule has 0 spiro atoms. The Bertz CT molecular complexity index is 956. The zero-order chi connectivity index (χ0) is 16.4. The second-order valence-electron chi connectivity index (χ2n) is 5.80. The molecule has 2 heterocycles. The number of methoxy groups -OCH3 is 1. The number of benzene rings is 2. The highest BCUT2D eigenvalue weighted by Crippen LogP contribution is 2.25. The van der Waals surface area contributed by atoms with Crippen LogP contribution in [0.25, 0.3) is 22.0 Å². The standard InChI is InChI=1S/C21H18N2O/c1-24-20-5-2-16(3-6-20)15-23-13-10-19-14-18(4-7-21(19)23)17-8-11-22-12-9-17/h2-14H,15H2,1H3. The van der Waals surface area contributed by atoms with Crippen LogP contribution in [-0.4, -0.2) is 16.7 Å². The second-order valence-corrected chi connectivity index (χ2v) is 5.80. The Kier molecular flexibility index (Phi) is 3.75. The van der Waals surface area contributed by atoms with Crippen molar-refractivity contribution in [2.75, 3.05) is 7.11 Å². The fourth-order valence-electron chi connectivity index (χ4n) is 2.99. The highest BCUT2D eigenvalue weighted by atomic mass is 16.5.